The highest BCUT2D eigenvalue weighted by Gasteiger charge is 2.17. The van der Waals surface area contributed by atoms with Crippen molar-refractivity contribution in [2.24, 2.45) is 7.05 Å². The van der Waals surface area contributed by atoms with Gasteiger partial charge >= 0.3 is 0 Å². The van der Waals surface area contributed by atoms with Gasteiger partial charge in [-0.1, -0.05) is 18.5 Å². The van der Waals surface area contributed by atoms with Crippen LogP contribution in [0, 0.1) is 11.6 Å². The van der Waals surface area contributed by atoms with Gasteiger partial charge in [0.25, 0.3) is 0 Å². The molecule has 0 amide bonds. The monoisotopic (exact) mass is 334 g/mol. The van der Waals surface area contributed by atoms with Crippen LogP contribution in [0.4, 0.5) is 8.78 Å². The lowest BCUT2D eigenvalue weighted by molar-refractivity contribution is 0.265. The SMILES string of the molecule is CCc1nn(C)c(COc2c(F)cc(CCl)cc2F)c1Cl. The second-order valence-electron chi connectivity index (χ2n) is 4.50. The Labute approximate surface area is 131 Å². The van der Waals surface area contributed by atoms with Crippen LogP contribution >= 0.6 is 23.2 Å². The highest BCUT2D eigenvalue weighted by molar-refractivity contribution is 6.31. The fourth-order valence-corrected chi connectivity index (χ4v) is 2.45. The van der Waals surface area contributed by atoms with E-state index in [4.69, 9.17) is 27.9 Å². The number of aromatic nitrogens is 2. The molecule has 0 unspecified atom stereocenters. The van der Waals surface area contributed by atoms with Crippen molar-refractivity contribution in [1.29, 1.82) is 0 Å². The van der Waals surface area contributed by atoms with Crippen LogP contribution in [0.5, 0.6) is 5.75 Å². The Morgan fingerprint density at radius 3 is 2.38 bits per heavy atom. The van der Waals surface area contributed by atoms with Crippen LogP contribution in [0.15, 0.2) is 12.1 Å². The van der Waals surface area contributed by atoms with E-state index in [0.29, 0.717) is 22.7 Å². The fraction of sp³-hybridized carbons (Fsp3) is 0.357. The van der Waals surface area contributed by atoms with Gasteiger partial charge in [0.2, 0.25) is 0 Å². The summed E-state index contributed by atoms with van der Waals surface area (Å²) in [4.78, 5) is 0. The van der Waals surface area contributed by atoms with Crippen molar-refractivity contribution >= 4 is 23.2 Å². The van der Waals surface area contributed by atoms with Gasteiger partial charge in [0.15, 0.2) is 17.4 Å². The van der Waals surface area contributed by atoms with Crippen molar-refractivity contribution in [2.75, 3.05) is 0 Å². The molecule has 2 aromatic rings. The summed E-state index contributed by atoms with van der Waals surface area (Å²) < 4.78 is 34.4. The number of nitrogens with zero attached hydrogens (tertiary/aromatic N) is 2. The molecular weight excluding hydrogens is 321 g/mol. The number of rotatable bonds is 5. The number of aryl methyl sites for hydroxylation is 2. The fourth-order valence-electron chi connectivity index (χ4n) is 1.94. The Kier molecular flexibility index (Phi) is 5.06. The molecule has 0 spiro atoms. The van der Waals surface area contributed by atoms with Gasteiger partial charge in [-0.3, -0.25) is 4.68 Å². The van der Waals surface area contributed by atoms with E-state index < -0.39 is 17.4 Å². The zero-order chi connectivity index (χ0) is 15.6. The lowest BCUT2D eigenvalue weighted by Crippen LogP contribution is -2.06. The highest BCUT2D eigenvalue weighted by atomic mass is 35.5. The van der Waals surface area contributed by atoms with Crippen molar-refractivity contribution in [3.8, 4) is 5.75 Å². The molecule has 0 N–H and O–H groups in total. The normalized spacial score (nSPS) is 11.0. The Morgan fingerprint density at radius 2 is 1.90 bits per heavy atom. The van der Waals surface area contributed by atoms with Crippen LogP contribution in [-0.4, -0.2) is 9.78 Å². The maximum absolute atomic E-state index is 13.8. The van der Waals surface area contributed by atoms with Crippen molar-refractivity contribution in [2.45, 2.75) is 25.8 Å². The summed E-state index contributed by atoms with van der Waals surface area (Å²) in [5.74, 6) is -2.00. The van der Waals surface area contributed by atoms with E-state index in [1.165, 1.54) is 0 Å². The summed E-state index contributed by atoms with van der Waals surface area (Å²) in [6.45, 7) is 1.85. The first kappa shape index (κ1) is 16.0. The molecule has 0 bridgehead atoms. The summed E-state index contributed by atoms with van der Waals surface area (Å²) in [5, 5.41) is 4.67. The Morgan fingerprint density at radius 1 is 1.29 bits per heavy atom. The minimum absolute atomic E-state index is 0.0293. The maximum atomic E-state index is 13.8. The molecule has 0 aliphatic carbocycles. The molecule has 0 saturated carbocycles. The van der Waals surface area contributed by atoms with Crippen molar-refractivity contribution in [3.05, 3.63) is 45.7 Å². The molecule has 0 radical (unpaired) electrons. The number of benzene rings is 1. The zero-order valence-corrected chi connectivity index (χ0v) is 13.1. The minimum Gasteiger partial charge on any atom is -0.481 e. The summed E-state index contributed by atoms with van der Waals surface area (Å²) in [6.07, 6.45) is 0.666. The molecule has 0 atom stereocenters. The third-order valence-corrected chi connectivity index (χ3v) is 3.81. The van der Waals surface area contributed by atoms with Crippen LogP contribution in [0.1, 0.15) is 23.9 Å². The van der Waals surface area contributed by atoms with E-state index in [-0.39, 0.29) is 12.5 Å². The molecular formula is C14H14Cl2F2N2O. The van der Waals surface area contributed by atoms with Crippen LogP contribution < -0.4 is 4.74 Å². The Hall–Kier alpha value is -1.33. The average molecular weight is 335 g/mol. The first-order chi connectivity index (χ1) is 9.97. The van der Waals surface area contributed by atoms with Crippen LogP contribution in [0.2, 0.25) is 5.02 Å². The molecule has 114 valence electrons. The predicted octanol–water partition coefficient (Wildman–Crippen LogP) is 4.23. The molecule has 0 aliphatic rings. The summed E-state index contributed by atoms with van der Waals surface area (Å²) in [5.41, 5.74) is 1.63. The van der Waals surface area contributed by atoms with Gasteiger partial charge in [-0.25, -0.2) is 8.78 Å². The predicted molar refractivity (Wildman–Crippen MR) is 77.8 cm³/mol. The van der Waals surface area contributed by atoms with E-state index >= 15 is 0 Å². The van der Waals surface area contributed by atoms with Crippen LogP contribution in [-0.2, 0) is 26.0 Å². The summed E-state index contributed by atoms with van der Waals surface area (Å²) in [6, 6.07) is 2.29. The van der Waals surface area contributed by atoms with E-state index in [9.17, 15) is 8.78 Å². The molecule has 0 aliphatic heterocycles. The molecule has 1 aromatic carbocycles. The number of alkyl halides is 1. The van der Waals surface area contributed by atoms with E-state index in [2.05, 4.69) is 5.10 Å². The second kappa shape index (κ2) is 6.62. The quantitative estimate of drug-likeness (QED) is 0.765. The Bertz CT molecular complexity index is 636. The van der Waals surface area contributed by atoms with Gasteiger partial charge in [-0.15, -0.1) is 11.6 Å². The third-order valence-electron chi connectivity index (χ3n) is 3.07. The van der Waals surface area contributed by atoms with Crippen LogP contribution in [0.25, 0.3) is 0 Å². The topological polar surface area (TPSA) is 27.1 Å². The lowest BCUT2D eigenvalue weighted by Gasteiger charge is -2.10. The standard InChI is InChI=1S/C14H14Cl2F2N2O/c1-3-11-13(16)12(20(2)19-11)7-21-14-9(17)4-8(6-15)5-10(14)18/h4-5H,3,6-7H2,1-2H3. The third kappa shape index (κ3) is 3.30. The van der Waals surface area contributed by atoms with Crippen molar-refractivity contribution in [3.63, 3.8) is 0 Å². The molecule has 0 saturated heterocycles. The first-order valence-corrected chi connectivity index (χ1v) is 7.26. The second-order valence-corrected chi connectivity index (χ2v) is 5.14. The maximum Gasteiger partial charge on any atom is 0.191 e. The Balaban J connectivity index is 2.23. The van der Waals surface area contributed by atoms with Gasteiger partial charge < -0.3 is 4.74 Å². The van der Waals surface area contributed by atoms with Gasteiger partial charge in [-0.2, -0.15) is 5.10 Å². The van der Waals surface area contributed by atoms with Crippen LogP contribution in [0.3, 0.4) is 0 Å². The summed E-state index contributed by atoms with van der Waals surface area (Å²) >= 11 is 11.7. The average Bonchev–Trinajstić information content (AvgIpc) is 2.72. The largest absolute Gasteiger partial charge is 0.481 e. The molecule has 0 fully saturated rings. The zero-order valence-electron chi connectivity index (χ0n) is 11.6. The number of hydrogen-bond acceptors (Lipinski definition) is 2. The molecule has 1 heterocycles. The molecule has 3 nitrogen and oxygen atoms in total. The molecule has 2 rings (SSSR count). The number of hydrogen-bond donors (Lipinski definition) is 0. The molecule has 7 heteroatoms. The smallest absolute Gasteiger partial charge is 0.191 e. The summed E-state index contributed by atoms with van der Waals surface area (Å²) in [7, 11) is 1.70. The first-order valence-electron chi connectivity index (χ1n) is 6.34. The highest BCUT2D eigenvalue weighted by Crippen LogP contribution is 2.27. The molecule has 1 aromatic heterocycles. The lowest BCUT2D eigenvalue weighted by atomic mass is 10.2. The van der Waals surface area contributed by atoms with Gasteiger partial charge in [0.05, 0.1) is 16.4 Å². The van der Waals surface area contributed by atoms with Gasteiger partial charge in [-0.05, 0) is 24.1 Å². The van der Waals surface area contributed by atoms with E-state index in [1.54, 1.807) is 11.7 Å². The van der Waals surface area contributed by atoms with Gasteiger partial charge in [0, 0.05) is 12.9 Å². The minimum atomic E-state index is -0.792. The van der Waals surface area contributed by atoms with E-state index in [1.807, 2.05) is 6.92 Å². The van der Waals surface area contributed by atoms with E-state index in [0.717, 1.165) is 17.8 Å². The number of halogens is 4. The van der Waals surface area contributed by atoms with Gasteiger partial charge in [0.1, 0.15) is 6.61 Å². The van der Waals surface area contributed by atoms with Crippen molar-refractivity contribution < 1.29 is 13.5 Å². The number of ether oxygens (including phenoxy) is 1. The van der Waals surface area contributed by atoms with Crippen molar-refractivity contribution in [1.82, 2.24) is 9.78 Å². The molecule has 21 heavy (non-hydrogen) atoms.